The van der Waals surface area contributed by atoms with Gasteiger partial charge in [-0.25, -0.2) is 8.42 Å². The van der Waals surface area contributed by atoms with E-state index in [9.17, 15) is 8.42 Å². The average Bonchev–Trinajstić information content (AvgIpc) is 2.96. The van der Waals surface area contributed by atoms with Gasteiger partial charge in [0.05, 0.1) is 0 Å². The molecule has 6 heteroatoms. The van der Waals surface area contributed by atoms with Crippen molar-refractivity contribution in [3.8, 4) is 22.8 Å². The van der Waals surface area contributed by atoms with Crippen molar-refractivity contribution in [3.05, 3.63) is 30.3 Å². The van der Waals surface area contributed by atoms with Gasteiger partial charge < -0.3 is 13.9 Å². The summed E-state index contributed by atoms with van der Waals surface area (Å²) in [6, 6.07) is 8.37. The summed E-state index contributed by atoms with van der Waals surface area (Å²) in [6.45, 7) is 0.200. The van der Waals surface area contributed by atoms with Gasteiger partial charge in [-0.15, -0.1) is 0 Å². The summed E-state index contributed by atoms with van der Waals surface area (Å²) in [7, 11) is -3.32. The van der Waals surface area contributed by atoms with E-state index in [-0.39, 0.29) is 11.9 Å². The Labute approximate surface area is 104 Å². The maximum atomic E-state index is 11.3. The zero-order chi connectivity index (χ0) is 12.8. The van der Waals surface area contributed by atoms with E-state index in [1.807, 2.05) is 0 Å². The normalized spacial score (nSPS) is 13.8. The van der Waals surface area contributed by atoms with E-state index in [1.165, 1.54) is 6.07 Å². The number of benzene rings is 1. The van der Waals surface area contributed by atoms with Crippen LogP contribution in [0.2, 0.25) is 0 Å². The van der Waals surface area contributed by atoms with Crippen LogP contribution in [0.15, 0.2) is 39.8 Å². The van der Waals surface area contributed by atoms with Gasteiger partial charge in [0.2, 0.25) is 21.7 Å². The van der Waals surface area contributed by atoms with Crippen LogP contribution in [0.4, 0.5) is 0 Å². The van der Waals surface area contributed by atoms with Gasteiger partial charge in [-0.3, -0.25) is 0 Å². The van der Waals surface area contributed by atoms with E-state index in [2.05, 4.69) is 0 Å². The van der Waals surface area contributed by atoms with Crippen LogP contribution in [0.5, 0.6) is 11.5 Å². The highest BCUT2D eigenvalue weighted by molar-refractivity contribution is 7.90. The van der Waals surface area contributed by atoms with Crippen LogP contribution in [-0.4, -0.2) is 21.5 Å². The summed E-state index contributed by atoms with van der Waals surface area (Å²) >= 11 is 0. The molecule has 1 aromatic carbocycles. The predicted octanol–water partition coefficient (Wildman–Crippen LogP) is 2.08. The van der Waals surface area contributed by atoms with Crippen molar-refractivity contribution >= 4 is 9.84 Å². The zero-order valence-corrected chi connectivity index (χ0v) is 10.4. The van der Waals surface area contributed by atoms with Gasteiger partial charge in [-0.1, -0.05) is 0 Å². The van der Waals surface area contributed by atoms with Crippen molar-refractivity contribution < 1.29 is 22.3 Å². The first-order valence-electron chi connectivity index (χ1n) is 5.24. The van der Waals surface area contributed by atoms with Crippen molar-refractivity contribution in [1.82, 2.24) is 0 Å². The molecular formula is C12H10O5S. The summed E-state index contributed by atoms with van der Waals surface area (Å²) in [5, 5.41) is -0.0461. The molecule has 18 heavy (non-hydrogen) atoms. The summed E-state index contributed by atoms with van der Waals surface area (Å²) in [4.78, 5) is 0. The molecule has 0 bridgehead atoms. The Balaban J connectivity index is 2.03. The van der Waals surface area contributed by atoms with Crippen LogP contribution in [0.25, 0.3) is 11.3 Å². The van der Waals surface area contributed by atoms with Gasteiger partial charge >= 0.3 is 0 Å². The van der Waals surface area contributed by atoms with E-state index in [4.69, 9.17) is 13.9 Å². The predicted molar refractivity (Wildman–Crippen MR) is 63.4 cm³/mol. The monoisotopic (exact) mass is 266 g/mol. The van der Waals surface area contributed by atoms with Crippen LogP contribution in [-0.2, 0) is 9.84 Å². The Morgan fingerprint density at radius 2 is 1.83 bits per heavy atom. The third-order valence-corrected chi connectivity index (χ3v) is 3.55. The minimum atomic E-state index is -3.32. The lowest BCUT2D eigenvalue weighted by atomic mass is 10.1. The van der Waals surface area contributed by atoms with Crippen LogP contribution < -0.4 is 9.47 Å². The summed E-state index contributed by atoms with van der Waals surface area (Å²) < 4.78 is 38.4. The smallest absolute Gasteiger partial charge is 0.231 e. The standard InChI is InChI=1S/C12H10O5S/c1-18(13,14)12-5-4-9(17-12)8-2-3-10-11(6-8)16-7-15-10/h2-6H,7H2,1H3. The fourth-order valence-corrected chi connectivity index (χ4v) is 2.28. The molecule has 1 aromatic heterocycles. The average molecular weight is 266 g/mol. The topological polar surface area (TPSA) is 65.7 Å². The van der Waals surface area contributed by atoms with Crippen molar-refractivity contribution in [1.29, 1.82) is 0 Å². The van der Waals surface area contributed by atoms with E-state index in [0.717, 1.165) is 11.8 Å². The Hall–Kier alpha value is -1.95. The van der Waals surface area contributed by atoms with Gasteiger partial charge in [0, 0.05) is 11.8 Å². The maximum Gasteiger partial charge on any atom is 0.231 e. The molecule has 2 aromatic rings. The number of rotatable bonds is 2. The molecule has 2 heterocycles. The molecule has 94 valence electrons. The first-order chi connectivity index (χ1) is 8.54. The summed E-state index contributed by atoms with van der Waals surface area (Å²) in [6.07, 6.45) is 1.11. The fraction of sp³-hybridized carbons (Fsp3) is 0.167. The minimum absolute atomic E-state index is 0.0461. The van der Waals surface area contributed by atoms with Crippen LogP contribution >= 0.6 is 0 Å². The second kappa shape index (κ2) is 3.78. The zero-order valence-electron chi connectivity index (χ0n) is 9.54. The van der Waals surface area contributed by atoms with Crippen LogP contribution in [0, 0.1) is 0 Å². The van der Waals surface area contributed by atoms with Gasteiger partial charge in [0.15, 0.2) is 11.5 Å². The Bertz CT molecular complexity index is 699. The van der Waals surface area contributed by atoms with Gasteiger partial charge in [-0.2, -0.15) is 0 Å². The van der Waals surface area contributed by atoms with Crippen molar-refractivity contribution in [2.45, 2.75) is 5.09 Å². The first kappa shape index (κ1) is 11.2. The third-order valence-electron chi connectivity index (χ3n) is 2.60. The maximum absolute atomic E-state index is 11.3. The van der Waals surface area contributed by atoms with Crippen LogP contribution in [0.1, 0.15) is 0 Å². The molecule has 0 saturated heterocycles. The third kappa shape index (κ3) is 1.84. The van der Waals surface area contributed by atoms with Crippen molar-refractivity contribution in [2.24, 2.45) is 0 Å². The lowest BCUT2D eigenvalue weighted by molar-refractivity contribution is 0.174. The number of hydrogen-bond acceptors (Lipinski definition) is 5. The number of ether oxygens (including phenoxy) is 2. The highest BCUT2D eigenvalue weighted by Gasteiger charge is 2.17. The molecule has 3 rings (SSSR count). The molecule has 0 N–H and O–H groups in total. The molecule has 0 atom stereocenters. The van der Waals surface area contributed by atoms with Crippen molar-refractivity contribution in [3.63, 3.8) is 0 Å². The molecule has 5 nitrogen and oxygen atoms in total. The van der Waals surface area contributed by atoms with Gasteiger partial charge in [-0.05, 0) is 30.3 Å². The number of furan rings is 1. The van der Waals surface area contributed by atoms with Crippen LogP contribution in [0.3, 0.4) is 0 Å². The van der Waals surface area contributed by atoms with Gasteiger partial charge in [0.1, 0.15) is 5.76 Å². The van der Waals surface area contributed by atoms with E-state index in [0.29, 0.717) is 17.3 Å². The first-order valence-corrected chi connectivity index (χ1v) is 7.13. The molecule has 0 amide bonds. The summed E-state index contributed by atoms with van der Waals surface area (Å²) in [5.74, 6) is 1.78. The largest absolute Gasteiger partial charge is 0.454 e. The Kier molecular flexibility index (Phi) is 2.34. The molecule has 0 fully saturated rings. The molecule has 1 aliphatic rings. The number of sulfone groups is 1. The quantitative estimate of drug-likeness (QED) is 0.832. The molecule has 0 unspecified atom stereocenters. The lowest BCUT2D eigenvalue weighted by Crippen LogP contribution is -1.93. The molecule has 0 saturated carbocycles. The molecular weight excluding hydrogens is 256 g/mol. The second-order valence-corrected chi connectivity index (χ2v) is 5.91. The number of hydrogen-bond donors (Lipinski definition) is 0. The molecule has 1 aliphatic heterocycles. The second-order valence-electron chi connectivity index (χ2n) is 3.96. The lowest BCUT2D eigenvalue weighted by Gasteiger charge is -1.99. The fourth-order valence-electron chi connectivity index (χ4n) is 1.72. The molecule has 0 spiro atoms. The van der Waals surface area contributed by atoms with Crippen molar-refractivity contribution in [2.75, 3.05) is 13.0 Å². The minimum Gasteiger partial charge on any atom is -0.454 e. The molecule has 0 aliphatic carbocycles. The number of fused-ring (bicyclic) bond motifs is 1. The van der Waals surface area contributed by atoms with E-state index >= 15 is 0 Å². The van der Waals surface area contributed by atoms with E-state index < -0.39 is 9.84 Å². The SMILES string of the molecule is CS(=O)(=O)c1ccc(-c2ccc3c(c2)OCO3)o1. The Morgan fingerprint density at radius 1 is 1.06 bits per heavy atom. The molecule has 0 radical (unpaired) electrons. The van der Waals surface area contributed by atoms with Gasteiger partial charge in [0.25, 0.3) is 0 Å². The Morgan fingerprint density at radius 3 is 2.56 bits per heavy atom. The highest BCUT2D eigenvalue weighted by atomic mass is 32.2. The van der Waals surface area contributed by atoms with E-state index in [1.54, 1.807) is 24.3 Å². The summed E-state index contributed by atoms with van der Waals surface area (Å²) in [5.41, 5.74) is 0.745. The highest BCUT2D eigenvalue weighted by Crippen LogP contribution is 2.36.